The highest BCUT2D eigenvalue weighted by molar-refractivity contribution is 5.76. The fraction of sp³-hybridized carbons (Fsp3) is 0.900. The molecule has 0 aromatic heterocycles. The van der Waals surface area contributed by atoms with Gasteiger partial charge in [0.15, 0.2) is 0 Å². The number of nitrogens with one attached hydrogen (secondary N) is 1. The van der Waals surface area contributed by atoms with Crippen molar-refractivity contribution in [2.75, 3.05) is 6.61 Å². The van der Waals surface area contributed by atoms with Crippen LogP contribution in [0.4, 0.5) is 0 Å². The Morgan fingerprint density at radius 2 is 2.29 bits per heavy atom. The second-order valence-electron chi connectivity index (χ2n) is 4.23. The summed E-state index contributed by atoms with van der Waals surface area (Å²) in [6.07, 6.45) is 3.88. The first-order valence-corrected chi connectivity index (χ1v) is 5.33. The summed E-state index contributed by atoms with van der Waals surface area (Å²) in [6, 6.07) is 0.193. The minimum absolute atomic E-state index is 0.0637. The number of carbonyl (C=O) groups is 1. The van der Waals surface area contributed by atoms with Crippen LogP contribution in [0, 0.1) is 0 Å². The van der Waals surface area contributed by atoms with E-state index in [0.717, 1.165) is 19.4 Å². The summed E-state index contributed by atoms with van der Waals surface area (Å²) in [6.45, 7) is 0.792. The molecule has 2 aliphatic rings. The first-order chi connectivity index (χ1) is 6.74. The van der Waals surface area contributed by atoms with E-state index in [2.05, 4.69) is 5.32 Å². The molecule has 1 atom stereocenters. The van der Waals surface area contributed by atoms with Gasteiger partial charge in [0, 0.05) is 12.6 Å². The van der Waals surface area contributed by atoms with Crippen LogP contribution in [0.15, 0.2) is 0 Å². The van der Waals surface area contributed by atoms with E-state index in [0.29, 0.717) is 19.3 Å². The van der Waals surface area contributed by atoms with E-state index < -0.39 is 0 Å². The van der Waals surface area contributed by atoms with Crippen LogP contribution in [0.5, 0.6) is 0 Å². The first kappa shape index (κ1) is 9.93. The van der Waals surface area contributed by atoms with Gasteiger partial charge in [0.1, 0.15) is 0 Å². The standard InChI is InChI=1S/C10H17NO3/c12-8-4-7(5-8)11-10(13)6-9-2-1-3-14-9/h7-9,12H,1-6H2,(H,11,13). The van der Waals surface area contributed by atoms with Gasteiger partial charge in [-0.05, 0) is 25.7 Å². The van der Waals surface area contributed by atoms with Crippen LogP contribution >= 0.6 is 0 Å². The van der Waals surface area contributed by atoms with E-state index >= 15 is 0 Å². The number of hydrogen-bond acceptors (Lipinski definition) is 3. The smallest absolute Gasteiger partial charge is 0.222 e. The van der Waals surface area contributed by atoms with Gasteiger partial charge in [0.2, 0.25) is 5.91 Å². The fourth-order valence-corrected chi connectivity index (χ4v) is 2.00. The summed E-state index contributed by atoms with van der Waals surface area (Å²) in [5.41, 5.74) is 0. The molecular weight excluding hydrogens is 182 g/mol. The lowest BCUT2D eigenvalue weighted by atomic mass is 9.89. The topological polar surface area (TPSA) is 58.6 Å². The van der Waals surface area contributed by atoms with Crippen LogP contribution in [-0.2, 0) is 9.53 Å². The molecule has 2 N–H and O–H groups in total. The van der Waals surface area contributed by atoms with Crippen molar-refractivity contribution in [3.05, 3.63) is 0 Å². The average molecular weight is 199 g/mol. The molecule has 0 spiro atoms. The number of aliphatic hydroxyl groups excluding tert-OH is 1. The third kappa shape index (κ3) is 2.45. The molecule has 1 aliphatic carbocycles. The van der Waals surface area contributed by atoms with Crippen LogP contribution in [-0.4, -0.2) is 35.9 Å². The summed E-state index contributed by atoms with van der Waals surface area (Å²) in [7, 11) is 0. The number of aliphatic hydroxyl groups is 1. The zero-order valence-electron chi connectivity index (χ0n) is 8.24. The van der Waals surface area contributed by atoms with Crippen molar-refractivity contribution in [2.24, 2.45) is 0 Å². The number of carbonyl (C=O) groups excluding carboxylic acids is 1. The third-order valence-corrected chi connectivity index (χ3v) is 2.92. The van der Waals surface area contributed by atoms with Crippen LogP contribution in [0.3, 0.4) is 0 Å². The van der Waals surface area contributed by atoms with E-state index in [-0.39, 0.29) is 24.2 Å². The van der Waals surface area contributed by atoms with Gasteiger partial charge in [-0.25, -0.2) is 0 Å². The van der Waals surface area contributed by atoms with Crippen molar-refractivity contribution in [1.82, 2.24) is 5.32 Å². The van der Waals surface area contributed by atoms with Crippen LogP contribution in [0.1, 0.15) is 32.1 Å². The Morgan fingerprint density at radius 3 is 2.86 bits per heavy atom. The number of ether oxygens (including phenoxy) is 1. The minimum Gasteiger partial charge on any atom is -0.393 e. The molecule has 0 bridgehead atoms. The van der Waals surface area contributed by atoms with Gasteiger partial charge >= 0.3 is 0 Å². The van der Waals surface area contributed by atoms with Crippen LogP contribution in [0.2, 0.25) is 0 Å². The van der Waals surface area contributed by atoms with Crippen molar-refractivity contribution in [3.8, 4) is 0 Å². The maximum atomic E-state index is 11.4. The van der Waals surface area contributed by atoms with Gasteiger partial charge in [-0.15, -0.1) is 0 Å². The zero-order chi connectivity index (χ0) is 9.97. The SMILES string of the molecule is O=C(CC1CCCO1)NC1CC(O)C1. The molecule has 1 saturated heterocycles. The maximum absolute atomic E-state index is 11.4. The largest absolute Gasteiger partial charge is 0.393 e. The Hall–Kier alpha value is -0.610. The lowest BCUT2D eigenvalue weighted by Crippen LogP contribution is -2.47. The molecule has 0 aromatic carbocycles. The molecule has 1 amide bonds. The lowest BCUT2D eigenvalue weighted by molar-refractivity contribution is -0.125. The lowest BCUT2D eigenvalue weighted by Gasteiger charge is -2.32. The monoisotopic (exact) mass is 199 g/mol. The van der Waals surface area contributed by atoms with Gasteiger partial charge in [-0.2, -0.15) is 0 Å². The Kier molecular flexibility index (Phi) is 3.03. The van der Waals surface area contributed by atoms with E-state index in [9.17, 15) is 4.79 Å². The summed E-state index contributed by atoms with van der Waals surface area (Å²) in [4.78, 5) is 11.4. The highest BCUT2D eigenvalue weighted by Gasteiger charge is 2.29. The predicted molar refractivity (Wildman–Crippen MR) is 50.8 cm³/mol. The summed E-state index contributed by atoms with van der Waals surface area (Å²) in [5.74, 6) is 0.0637. The molecule has 80 valence electrons. The van der Waals surface area contributed by atoms with Gasteiger partial charge in [-0.1, -0.05) is 0 Å². The number of hydrogen-bond donors (Lipinski definition) is 2. The predicted octanol–water partition coefficient (Wildman–Crippen LogP) is 0.195. The molecule has 4 nitrogen and oxygen atoms in total. The van der Waals surface area contributed by atoms with E-state index in [4.69, 9.17) is 9.84 Å². The van der Waals surface area contributed by atoms with E-state index in [1.165, 1.54) is 0 Å². The molecule has 1 saturated carbocycles. The van der Waals surface area contributed by atoms with E-state index in [1.807, 2.05) is 0 Å². The summed E-state index contributed by atoms with van der Waals surface area (Å²) >= 11 is 0. The molecule has 0 aromatic rings. The fourth-order valence-electron chi connectivity index (χ4n) is 2.00. The van der Waals surface area contributed by atoms with Crippen molar-refractivity contribution < 1.29 is 14.6 Å². The van der Waals surface area contributed by atoms with Crippen molar-refractivity contribution in [2.45, 2.75) is 50.4 Å². The second-order valence-corrected chi connectivity index (χ2v) is 4.23. The Morgan fingerprint density at radius 1 is 1.50 bits per heavy atom. The number of rotatable bonds is 3. The van der Waals surface area contributed by atoms with Gasteiger partial charge in [-0.3, -0.25) is 4.79 Å². The Labute approximate surface area is 83.6 Å². The normalized spacial score (nSPS) is 36.5. The zero-order valence-corrected chi connectivity index (χ0v) is 8.24. The highest BCUT2D eigenvalue weighted by atomic mass is 16.5. The molecule has 2 fully saturated rings. The summed E-state index contributed by atoms with van der Waals surface area (Å²) in [5, 5.41) is 11.9. The Bertz CT molecular complexity index is 207. The van der Waals surface area contributed by atoms with Gasteiger partial charge < -0.3 is 15.2 Å². The van der Waals surface area contributed by atoms with Crippen LogP contribution in [0.25, 0.3) is 0 Å². The molecule has 1 heterocycles. The van der Waals surface area contributed by atoms with Crippen molar-refractivity contribution in [1.29, 1.82) is 0 Å². The number of amides is 1. The van der Waals surface area contributed by atoms with E-state index in [1.54, 1.807) is 0 Å². The van der Waals surface area contributed by atoms with Gasteiger partial charge in [0.05, 0.1) is 18.6 Å². The molecule has 0 radical (unpaired) electrons. The Balaban J connectivity index is 1.63. The molecular formula is C10H17NO3. The molecule has 4 heteroatoms. The maximum Gasteiger partial charge on any atom is 0.222 e. The molecule has 1 aliphatic heterocycles. The van der Waals surface area contributed by atoms with Crippen molar-refractivity contribution >= 4 is 5.91 Å². The average Bonchev–Trinajstić information content (AvgIpc) is 2.54. The third-order valence-electron chi connectivity index (χ3n) is 2.92. The highest BCUT2D eigenvalue weighted by Crippen LogP contribution is 2.20. The van der Waals surface area contributed by atoms with Gasteiger partial charge in [0.25, 0.3) is 0 Å². The summed E-state index contributed by atoms with van der Waals surface area (Å²) < 4.78 is 5.37. The minimum atomic E-state index is -0.206. The first-order valence-electron chi connectivity index (χ1n) is 5.33. The molecule has 1 unspecified atom stereocenters. The van der Waals surface area contributed by atoms with Crippen molar-refractivity contribution in [3.63, 3.8) is 0 Å². The quantitative estimate of drug-likeness (QED) is 0.682. The van der Waals surface area contributed by atoms with Crippen LogP contribution < -0.4 is 5.32 Å². The second kappa shape index (κ2) is 4.28. The molecule has 2 rings (SSSR count). The molecule has 14 heavy (non-hydrogen) atoms.